The molecule has 0 aromatic carbocycles. The largest absolute Gasteiger partial charge is 0.472 e. The molecular weight excluding hydrogens is 1350 g/mol. The highest BCUT2D eigenvalue weighted by molar-refractivity contribution is 7.47. The topological polar surface area (TPSA) is 237 Å². The highest BCUT2D eigenvalue weighted by Gasteiger charge is 2.30. The van der Waals surface area contributed by atoms with Crippen LogP contribution in [0.15, 0.2) is 0 Å². The minimum absolute atomic E-state index is 0.109. The first-order valence-electron chi connectivity index (χ1n) is 44.3. The summed E-state index contributed by atoms with van der Waals surface area (Å²) in [5.41, 5.74) is 0. The molecule has 104 heavy (non-hydrogen) atoms. The molecule has 0 rings (SSSR count). The molecule has 0 aromatic rings. The molecule has 0 fully saturated rings. The summed E-state index contributed by atoms with van der Waals surface area (Å²) in [5, 5.41) is 10.7. The van der Waals surface area contributed by atoms with Crippen molar-refractivity contribution in [2.45, 2.75) is 483 Å². The fourth-order valence-corrected chi connectivity index (χ4v) is 14.9. The maximum absolute atomic E-state index is 13.1. The van der Waals surface area contributed by atoms with Crippen molar-refractivity contribution in [2.24, 2.45) is 0 Å². The van der Waals surface area contributed by atoms with E-state index in [0.717, 1.165) is 89.9 Å². The summed E-state index contributed by atoms with van der Waals surface area (Å²) in [5.74, 6) is -2.10. The molecule has 0 spiro atoms. The Labute approximate surface area is 638 Å². The highest BCUT2D eigenvalue weighted by Crippen LogP contribution is 2.45. The van der Waals surface area contributed by atoms with E-state index in [-0.39, 0.29) is 25.7 Å². The normalized spacial score (nSPS) is 13.7. The minimum Gasteiger partial charge on any atom is -0.462 e. The molecular formula is C85H166O17P2. The van der Waals surface area contributed by atoms with Gasteiger partial charge >= 0.3 is 39.5 Å². The molecule has 0 aliphatic heterocycles. The van der Waals surface area contributed by atoms with E-state index in [9.17, 15) is 43.2 Å². The van der Waals surface area contributed by atoms with Gasteiger partial charge in [-0.1, -0.05) is 413 Å². The lowest BCUT2D eigenvalue weighted by atomic mass is 10.0. The van der Waals surface area contributed by atoms with Gasteiger partial charge in [-0.15, -0.1) is 0 Å². The number of phosphoric ester groups is 2. The van der Waals surface area contributed by atoms with E-state index in [4.69, 9.17) is 37.0 Å². The van der Waals surface area contributed by atoms with Crippen LogP contribution in [0.25, 0.3) is 0 Å². The van der Waals surface area contributed by atoms with E-state index in [0.29, 0.717) is 25.7 Å². The Kier molecular flexibility index (Phi) is 77.7. The average Bonchev–Trinajstić information content (AvgIpc) is 0.916. The predicted octanol–water partition coefficient (Wildman–Crippen LogP) is 26.1. The Morgan fingerprint density at radius 3 is 0.567 bits per heavy atom. The van der Waals surface area contributed by atoms with Crippen molar-refractivity contribution < 1.29 is 80.2 Å². The van der Waals surface area contributed by atoms with E-state index in [2.05, 4.69) is 27.7 Å². The Bertz CT molecular complexity index is 1960. The van der Waals surface area contributed by atoms with Crippen LogP contribution in [0.3, 0.4) is 0 Å². The molecule has 0 amide bonds. The first kappa shape index (κ1) is 102. The van der Waals surface area contributed by atoms with Crippen LogP contribution in [0.5, 0.6) is 0 Å². The van der Waals surface area contributed by atoms with Gasteiger partial charge in [0.15, 0.2) is 12.2 Å². The molecule has 19 heteroatoms. The second kappa shape index (κ2) is 79.2. The SMILES string of the molecule is CCCCCCCCCCCCCCCCCCCCCCC(=O)O[C@H](COC(=O)CCCCCCCCCCCCCCCCCCCC)COP(=O)(O)OC[C@@H](O)COP(=O)(O)OC[C@@H](COC(=O)CCCCCCCCCC)OC(=O)CCCCCCCCCCCCCCCCCCCC. The molecule has 3 N–H and O–H groups in total. The van der Waals surface area contributed by atoms with Gasteiger partial charge in [0.05, 0.1) is 26.4 Å². The monoisotopic (exact) mass is 1520 g/mol. The Hall–Kier alpha value is -1.94. The van der Waals surface area contributed by atoms with Crippen molar-refractivity contribution >= 4 is 39.5 Å². The van der Waals surface area contributed by atoms with Crippen LogP contribution in [0.4, 0.5) is 0 Å². The van der Waals surface area contributed by atoms with E-state index in [1.807, 2.05) is 0 Å². The lowest BCUT2D eigenvalue weighted by Gasteiger charge is -2.21. The number of ether oxygens (including phenoxy) is 4. The van der Waals surface area contributed by atoms with Gasteiger partial charge in [-0.2, -0.15) is 0 Å². The third-order valence-corrected chi connectivity index (χ3v) is 22.0. The molecule has 0 radical (unpaired) electrons. The molecule has 0 aliphatic rings. The summed E-state index contributed by atoms with van der Waals surface area (Å²) in [4.78, 5) is 73.1. The number of hydrogen-bond donors (Lipinski definition) is 3. The van der Waals surface area contributed by atoms with Crippen molar-refractivity contribution in [1.29, 1.82) is 0 Å². The van der Waals surface area contributed by atoms with Crippen molar-refractivity contribution in [3.63, 3.8) is 0 Å². The zero-order valence-electron chi connectivity index (χ0n) is 68.0. The Morgan fingerprint density at radius 1 is 0.231 bits per heavy atom. The molecule has 618 valence electrons. The number of aliphatic hydroxyl groups is 1. The van der Waals surface area contributed by atoms with E-state index >= 15 is 0 Å². The lowest BCUT2D eigenvalue weighted by Crippen LogP contribution is -2.30. The number of rotatable bonds is 86. The molecule has 0 aromatic heterocycles. The quantitative estimate of drug-likeness (QED) is 0.0222. The van der Waals surface area contributed by atoms with Crippen LogP contribution in [0.2, 0.25) is 0 Å². The van der Waals surface area contributed by atoms with Crippen LogP contribution in [0, 0.1) is 0 Å². The molecule has 0 aliphatic carbocycles. The molecule has 17 nitrogen and oxygen atoms in total. The second-order valence-electron chi connectivity index (χ2n) is 30.6. The van der Waals surface area contributed by atoms with Crippen molar-refractivity contribution in [3.8, 4) is 0 Å². The fourth-order valence-electron chi connectivity index (χ4n) is 13.3. The van der Waals surface area contributed by atoms with Crippen LogP contribution in [-0.2, 0) is 65.4 Å². The molecule has 5 atom stereocenters. The smallest absolute Gasteiger partial charge is 0.462 e. The van der Waals surface area contributed by atoms with Crippen LogP contribution in [-0.4, -0.2) is 96.7 Å². The predicted molar refractivity (Wildman–Crippen MR) is 428 cm³/mol. The van der Waals surface area contributed by atoms with Crippen molar-refractivity contribution in [2.75, 3.05) is 39.6 Å². The van der Waals surface area contributed by atoms with E-state index < -0.39 is 97.5 Å². The third-order valence-electron chi connectivity index (χ3n) is 20.1. The molecule has 0 saturated heterocycles. The minimum atomic E-state index is -4.96. The molecule has 0 bridgehead atoms. The number of hydrogen-bond acceptors (Lipinski definition) is 15. The Morgan fingerprint density at radius 2 is 0.385 bits per heavy atom. The van der Waals surface area contributed by atoms with Crippen LogP contribution >= 0.6 is 15.6 Å². The summed E-state index contributed by atoms with van der Waals surface area (Å²) in [6, 6.07) is 0. The summed E-state index contributed by atoms with van der Waals surface area (Å²) < 4.78 is 68.8. The lowest BCUT2D eigenvalue weighted by molar-refractivity contribution is -0.161. The molecule has 0 saturated carbocycles. The summed E-state index contributed by atoms with van der Waals surface area (Å²) >= 11 is 0. The maximum atomic E-state index is 13.1. The first-order chi connectivity index (χ1) is 50.7. The van der Waals surface area contributed by atoms with Gasteiger partial charge in [-0.3, -0.25) is 37.3 Å². The van der Waals surface area contributed by atoms with E-state index in [1.165, 1.54) is 295 Å². The second-order valence-corrected chi connectivity index (χ2v) is 33.5. The summed E-state index contributed by atoms with van der Waals surface area (Å²) in [6.45, 7) is 5.03. The van der Waals surface area contributed by atoms with Crippen molar-refractivity contribution in [1.82, 2.24) is 0 Å². The number of carbonyl (C=O) groups is 4. The first-order valence-corrected chi connectivity index (χ1v) is 47.3. The van der Waals surface area contributed by atoms with Crippen LogP contribution < -0.4 is 0 Å². The highest BCUT2D eigenvalue weighted by atomic mass is 31.2. The van der Waals surface area contributed by atoms with Gasteiger partial charge < -0.3 is 33.8 Å². The van der Waals surface area contributed by atoms with Crippen LogP contribution in [0.1, 0.15) is 464 Å². The summed E-state index contributed by atoms with van der Waals surface area (Å²) in [7, 11) is -9.92. The Balaban J connectivity index is 5.18. The molecule has 0 heterocycles. The summed E-state index contributed by atoms with van der Waals surface area (Å²) in [6.07, 6.45) is 73.7. The number of unbranched alkanes of at least 4 members (excludes halogenated alkanes) is 60. The molecule has 2 unspecified atom stereocenters. The number of carbonyl (C=O) groups excluding carboxylic acids is 4. The van der Waals surface area contributed by atoms with E-state index in [1.54, 1.807) is 0 Å². The zero-order chi connectivity index (χ0) is 76.0. The number of aliphatic hydroxyl groups excluding tert-OH is 1. The van der Waals surface area contributed by atoms with Gasteiger partial charge in [-0.25, -0.2) is 9.13 Å². The number of esters is 4. The zero-order valence-corrected chi connectivity index (χ0v) is 69.8. The van der Waals surface area contributed by atoms with Gasteiger partial charge in [0.2, 0.25) is 0 Å². The number of phosphoric acid groups is 2. The standard InChI is InChI=1S/C85H166O17P2/c1-5-9-13-17-21-25-28-31-34-37-40-41-44-47-50-53-56-60-64-68-72-85(90)102-81(76-96-83(88)70-66-62-58-54-51-48-45-42-38-35-32-29-26-22-18-14-10-6-2)78-100-104(93,94)98-74-79(86)73-97-103(91,92)99-77-80(75-95-82(87)69-65-61-57-24-20-16-12-8-4)101-84(89)71-67-63-59-55-52-49-46-43-39-36-33-30-27-23-19-15-11-7-3/h79-81,86H,5-78H2,1-4H3,(H,91,92)(H,93,94)/t79-,80+,81+/m0/s1. The average molecular weight is 1520 g/mol. The van der Waals surface area contributed by atoms with Gasteiger partial charge in [0.25, 0.3) is 0 Å². The van der Waals surface area contributed by atoms with Gasteiger partial charge in [0, 0.05) is 25.7 Å². The third kappa shape index (κ3) is 78.2. The maximum Gasteiger partial charge on any atom is 0.472 e. The fraction of sp³-hybridized carbons (Fsp3) is 0.953. The van der Waals surface area contributed by atoms with Gasteiger partial charge in [-0.05, 0) is 25.7 Å². The van der Waals surface area contributed by atoms with Gasteiger partial charge in [0.1, 0.15) is 19.3 Å². The van der Waals surface area contributed by atoms with Crippen molar-refractivity contribution in [3.05, 3.63) is 0 Å².